The summed E-state index contributed by atoms with van der Waals surface area (Å²) < 4.78 is 2.06. The van der Waals surface area contributed by atoms with E-state index in [-0.39, 0.29) is 5.54 Å². The second-order valence-electron chi connectivity index (χ2n) is 5.96. The van der Waals surface area contributed by atoms with E-state index in [1.54, 1.807) is 0 Å². The Morgan fingerprint density at radius 1 is 1.06 bits per heavy atom. The third-order valence-electron chi connectivity index (χ3n) is 5.06. The Balaban J connectivity index is 1.86. The van der Waals surface area contributed by atoms with Gasteiger partial charge in [0.2, 0.25) is 0 Å². The molecule has 2 aliphatic carbocycles. The van der Waals surface area contributed by atoms with Crippen molar-refractivity contribution in [3.05, 3.63) is 0 Å². The fourth-order valence-corrected chi connectivity index (χ4v) is 4.25. The van der Waals surface area contributed by atoms with Gasteiger partial charge in [-0.15, -0.1) is 0 Å². The summed E-state index contributed by atoms with van der Waals surface area (Å²) in [6, 6.07) is 0. The molecule has 4 rings (SSSR count). The molecule has 0 N–H and O–H groups in total. The molecule has 1 atom stereocenters. The standard InChI is InChI=1S/C13H19N5/c1-4-8-13(9-5-1)10-6-2-3-7-11(10)14-12-15-16-17-18(12)13/h10H,1-9H2. The largest absolute Gasteiger partial charge is 0.269 e. The molecule has 2 saturated carbocycles. The summed E-state index contributed by atoms with van der Waals surface area (Å²) in [6.45, 7) is 0. The summed E-state index contributed by atoms with van der Waals surface area (Å²) in [5, 5.41) is 12.3. The maximum atomic E-state index is 4.72. The van der Waals surface area contributed by atoms with E-state index in [9.17, 15) is 0 Å². The second kappa shape index (κ2) is 3.87. The van der Waals surface area contributed by atoms with E-state index in [1.165, 1.54) is 57.1 Å². The molecule has 1 aromatic heterocycles. The number of aromatic nitrogens is 4. The van der Waals surface area contributed by atoms with Crippen molar-refractivity contribution in [2.75, 3.05) is 0 Å². The minimum atomic E-state index is 0.161. The third kappa shape index (κ3) is 1.33. The van der Waals surface area contributed by atoms with E-state index in [4.69, 9.17) is 4.99 Å². The molecule has 5 nitrogen and oxygen atoms in total. The van der Waals surface area contributed by atoms with Gasteiger partial charge in [0.1, 0.15) is 0 Å². The van der Waals surface area contributed by atoms with Gasteiger partial charge in [0.15, 0.2) is 0 Å². The normalized spacial score (nSPS) is 29.6. The predicted octanol–water partition coefficient (Wildman–Crippen LogP) is 2.61. The molecule has 2 fully saturated rings. The SMILES string of the molecule is C1CCC2(CC1)C1CCCCC1=Nc1nnnn12. The van der Waals surface area contributed by atoms with E-state index in [0.717, 1.165) is 12.4 Å². The molecule has 1 aliphatic heterocycles. The van der Waals surface area contributed by atoms with Crippen molar-refractivity contribution < 1.29 is 0 Å². The molecule has 5 heteroatoms. The molecule has 0 radical (unpaired) electrons. The van der Waals surface area contributed by atoms with Crippen molar-refractivity contribution >= 4 is 11.7 Å². The predicted molar refractivity (Wildman–Crippen MR) is 67.9 cm³/mol. The van der Waals surface area contributed by atoms with E-state index < -0.39 is 0 Å². The van der Waals surface area contributed by atoms with Crippen LogP contribution in [0.2, 0.25) is 0 Å². The molecule has 18 heavy (non-hydrogen) atoms. The molecule has 0 aromatic carbocycles. The van der Waals surface area contributed by atoms with Gasteiger partial charge < -0.3 is 0 Å². The van der Waals surface area contributed by atoms with Gasteiger partial charge in [0.05, 0.1) is 5.54 Å². The smallest absolute Gasteiger partial charge is 0.219 e. The van der Waals surface area contributed by atoms with Crippen molar-refractivity contribution in [1.29, 1.82) is 0 Å². The van der Waals surface area contributed by atoms with E-state index in [0.29, 0.717) is 5.92 Å². The summed E-state index contributed by atoms with van der Waals surface area (Å²) in [7, 11) is 0. The minimum Gasteiger partial charge on any atom is -0.219 e. The molecular formula is C13H19N5. The van der Waals surface area contributed by atoms with Crippen molar-refractivity contribution in [3.63, 3.8) is 0 Å². The van der Waals surface area contributed by atoms with Gasteiger partial charge in [-0.3, -0.25) is 0 Å². The third-order valence-corrected chi connectivity index (χ3v) is 5.06. The highest BCUT2D eigenvalue weighted by molar-refractivity contribution is 5.91. The van der Waals surface area contributed by atoms with E-state index >= 15 is 0 Å². The molecule has 1 aromatic rings. The Kier molecular flexibility index (Phi) is 2.29. The first-order valence-electron chi connectivity index (χ1n) is 7.26. The van der Waals surface area contributed by atoms with Crippen LogP contribution in [0.1, 0.15) is 57.8 Å². The number of hydrogen-bond acceptors (Lipinski definition) is 4. The van der Waals surface area contributed by atoms with Gasteiger partial charge in [-0.25, -0.2) is 9.67 Å². The number of aliphatic imine (C=N–C) groups is 1. The molecule has 0 bridgehead atoms. The minimum absolute atomic E-state index is 0.161. The number of rotatable bonds is 0. The van der Waals surface area contributed by atoms with Crippen molar-refractivity contribution in [3.8, 4) is 0 Å². The van der Waals surface area contributed by atoms with Crippen LogP contribution in [0.25, 0.3) is 0 Å². The quantitative estimate of drug-likeness (QED) is 0.706. The lowest BCUT2D eigenvalue weighted by Crippen LogP contribution is -2.50. The van der Waals surface area contributed by atoms with Crippen LogP contribution in [0.5, 0.6) is 0 Å². The van der Waals surface area contributed by atoms with Crippen LogP contribution >= 0.6 is 0 Å². The zero-order chi connectivity index (χ0) is 12.0. The zero-order valence-electron chi connectivity index (χ0n) is 10.7. The maximum absolute atomic E-state index is 4.72. The lowest BCUT2D eigenvalue weighted by atomic mass is 9.66. The highest BCUT2D eigenvalue weighted by Crippen LogP contribution is 2.49. The number of hydrogen-bond donors (Lipinski definition) is 0. The number of tetrazole rings is 1. The van der Waals surface area contributed by atoms with Crippen LogP contribution < -0.4 is 0 Å². The van der Waals surface area contributed by atoms with Crippen LogP contribution in [0.15, 0.2) is 4.99 Å². The Morgan fingerprint density at radius 3 is 2.83 bits per heavy atom. The Labute approximate surface area is 107 Å². The molecule has 1 spiro atoms. The number of fused-ring (bicyclic) bond motifs is 4. The van der Waals surface area contributed by atoms with E-state index in [1.807, 2.05) is 0 Å². The Hall–Kier alpha value is -1.26. The summed E-state index contributed by atoms with van der Waals surface area (Å²) in [5.41, 5.74) is 1.54. The highest BCUT2D eigenvalue weighted by atomic mass is 15.6. The van der Waals surface area contributed by atoms with Gasteiger partial charge in [-0.2, -0.15) is 0 Å². The zero-order valence-corrected chi connectivity index (χ0v) is 10.7. The number of nitrogens with zero attached hydrogens (tertiary/aromatic N) is 5. The molecule has 1 unspecified atom stereocenters. The molecular weight excluding hydrogens is 226 g/mol. The van der Waals surface area contributed by atoms with Crippen LogP contribution in [0.3, 0.4) is 0 Å². The highest BCUT2D eigenvalue weighted by Gasteiger charge is 2.48. The van der Waals surface area contributed by atoms with Crippen LogP contribution in [0.4, 0.5) is 5.95 Å². The molecule has 3 aliphatic rings. The van der Waals surface area contributed by atoms with Gasteiger partial charge in [0, 0.05) is 11.6 Å². The fraction of sp³-hybridized carbons (Fsp3) is 0.846. The first kappa shape index (κ1) is 10.6. The molecule has 2 heterocycles. The lowest BCUT2D eigenvalue weighted by Gasteiger charge is -2.47. The van der Waals surface area contributed by atoms with Gasteiger partial charge in [0.25, 0.3) is 5.95 Å². The summed E-state index contributed by atoms with van der Waals surface area (Å²) >= 11 is 0. The van der Waals surface area contributed by atoms with Gasteiger partial charge in [-0.1, -0.05) is 30.8 Å². The average molecular weight is 245 g/mol. The Morgan fingerprint density at radius 2 is 1.94 bits per heavy atom. The first-order valence-corrected chi connectivity index (χ1v) is 7.26. The van der Waals surface area contributed by atoms with Crippen LogP contribution in [0, 0.1) is 5.92 Å². The maximum Gasteiger partial charge on any atom is 0.269 e. The Bertz CT molecular complexity index is 483. The summed E-state index contributed by atoms with van der Waals surface area (Å²) in [4.78, 5) is 4.72. The van der Waals surface area contributed by atoms with Crippen molar-refractivity contribution in [2.45, 2.75) is 63.3 Å². The first-order chi connectivity index (χ1) is 8.90. The topological polar surface area (TPSA) is 56.0 Å². The lowest BCUT2D eigenvalue weighted by molar-refractivity contribution is 0.109. The molecule has 96 valence electrons. The van der Waals surface area contributed by atoms with Crippen molar-refractivity contribution in [1.82, 2.24) is 20.2 Å². The summed E-state index contributed by atoms with van der Waals surface area (Å²) in [6.07, 6.45) is 11.5. The second-order valence-corrected chi connectivity index (χ2v) is 5.96. The van der Waals surface area contributed by atoms with Crippen LogP contribution in [-0.2, 0) is 5.54 Å². The van der Waals surface area contributed by atoms with Gasteiger partial charge >= 0.3 is 0 Å². The molecule has 0 saturated heterocycles. The van der Waals surface area contributed by atoms with Crippen LogP contribution in [-0.4, -0.2) is 25.9 Å². The van der Waals surface area contributed by atoms with Crippen molar-refractivity contribution in [2.24, 2.45) is 10.9 Å². The summed E-state index contributed by atoms with van der Waals surface area (Å²) in [5.74, 6) is 1.35. The monoisotopic (exact) mass is 245 g/mol. The molecule has 0 amide bonds. The van der Waals surface area contributed by atoms with Gasteiger partial charge in [-0.05, 0) is 42.5 Å². The average Bonchev–Trinajstić information content (AvgIpc) is 2.89. The van der Waals surface area contributed by atoms with E-state index in [2.05, 4.69) is 20.2 Å². The fourth-order valence-electron chi connectivity index (χ4n) is 4.25.